The summed E-state index contributed by atoms with van der Waals surface area (Å²) in [6.45, 7) is 5.10. The van der Waals surface area contributed by atoms with E-state index in [1.54, 1.807) is 0 Å². The highest BCUT2D eigenvalue weighted by Gasteiger charge is 2.24. The van der Waals surface area contributed by atoms with Gasteiger partial charge in [0.05, 0.1) is 6.42 Å². The fourth-order valence-electron chi connectivity index (χ4n) is 2.62. The summed E-state index contributed by atoms with van der Waals surface area (Å²) >= 11 is 0. The molecule has 0 aromatic heterocycles. The first-order valence-corrected chi connectivity index (χ1v) is 7.41. The van der Waals surface area contributed by atoms with E-state index in [0.29, 0.717) is 12.5 Å². The van der Waals surface area contributed by atoms with Crippen LogP contribution in [0.15, 0.2) is 0 Å². The molecule has 3 unspecified atom stereocenters. The van der Waals surface area contributed by atoms with Crippen LogP contribution in [0, 0.1) is 0 Å². The number of piperidine rings is 1. The van der Waals surface area contributed by atoms with Gasteiger partial charge in [0, 0.05) is 24.7 Å². The van der Waals surface area contributed by atoms with Crippen molar-refractivity contribution in [3.05, 3.63) is 0 Å². The van der Waals surface area contributed by atoms with Gasteiger partial charge in [0.1, 0.15) is 0 Å². The number of carbonyl (C=O) groups excluding carboxylic acids is 1. The number of hydrogen-bond acceptors (Lipinski definition) is 3. The van der Waals surface area contributed by atoms with Gasteiger partial charge in [-0.3, -0.25) is 4.79 Å². The Hall–Kier alpha value is -1.30. The molecule has 116 valence electrons. The van der Waals surface area contributed by atoms with Gasteiger partial charge in [-0.15, -0.1) is 0 Å². The molecular weight excluding hydrogens is 258 g/mol. The molecule has 2 amide bonds. The summed E-state index contributed by atoms with van der Waals surface area (Å²) in [5.74, 6) is -0.878. The predicted octanol–water partition coefficient (Wildman–Crippen LogP) is 1.41. The lowest BCUT2D eigenvalue weighted by Crippen LogP contribution is -2.51. The van der Waals surface area contributed by atoms with Gasteiger partial charge >= 0.3 is 12.0 Å². The minimum absolute atomic E-state index is 0.0228. The van der Waals surface area contributed by atoms with E-state index < -0.39 is 5.97 Å². The quantitative estimate of drug-likeness (QED) is 0.689. The van der Waals surface area contributed by atoms with E-state index in [1.807, 2.05) is 6.92 Å². The molecular formula is C14H27N3O3. The fraction of sp³-hybridized carbons (Fsp3) is 0.857. The van der Waals surface area contributed by atoms with E-state index >= 15 is 0 Å². The molecule has 0 radical (unpaired) electrons. The van der Waals surface area contributed by atoms with Gasteiger partial charge in [-0.1, -0.05) is 13.3 Å². The average molecular weight is 285 g/mol. The third-order valence-corrected chi connectivity index (χ3v) is 3.94. The Kier molecular flexibility index (Phi) is 6.78. The molecule has 3 N–H and O–H groups in total. The second-order valence-corrected chi connectivity index (χ2v) is 5.75. The Labute approximate surface area is 120 Å². The molecule has 20 heavy (non-hydrogen) atoms. The third kappa shape index (κ3) is 5.77. The predicted molar refractivity (Wildman–Crippen MR) is 77.7 cm³/mol. The van der Waals surface area contributed by atoms with Crippen LogP contribution >= 0.6 is 0 Å². The van der Waals surface area contributed by atoms with Crippen molar-refractivity contribution in [2.45, 2.75) is 64.1 Å². The van der Waals surface area contributed by atoms with Gasteiger partial charge in [-0.05, 0) is 33.2 Å². The average Bonchev–Trinajstić information content (AvgIpc) is 2.33. The molecule has 1 rings (SSSR count). The van der Waals surface area contributed by atoms with Crippen molar-refractivity contribution >= 4 is 12.0 Å². The molecule has 6 heteroatoms. The van der Waals surface area contributed by atoms with Crippen molar-refractivity contribution in [2.24, 2.45) is 0 Å². The topological polar surface area (TPSA) is 81.7 Å². The molecule has 0 spiro atoms. The molecule has 0 bridgehead atoms. The molecule has 6 nitrogen and oxygen atoms in total. The maximum atomic E-state index is 11.9. The number of urea groups is 1. The van der Waals surface area contributed by atoms with Gasteiger partial charge in [0.2, 0.25) is 0 Å². The molecule has 0 saturated carbocycles. The van der Waals surface area contributed by atoms with Gasteiger partial charge in [0.15, 0.2) is 0 Å². The van der Waals surface area contributed by atoms with E-state index in [1.165, 1.54) is 0 Å². The SMILES string of the molecule is CCCC(CC(=O)O)NC(=O)NC1CCN(C)C(C)C1. The number of carboxylic acids is 1. The first-order valence-electron chi connectivity index (χ1n) is 7.41. The van der Waals surface area contributed by atoms with Crippen molar-refractivity contribution in [3.63, 3.8) is 0 Å². The Balaban J connectivity index is 2.39. The number of amides is 2. The first-order chi connectivity index (χ1) is 9.42. The summed E-state index contributed by atoms with van der Waals surface area (Å²) in [7, 11) is 2.09. The molecule has 0 aliphatic carbocycles. The Morgan fingerprint density at radius 3 is 2.70 bits per heavy atom. The van der Waals surface area contributed by atoms with Gasteiger partial charge in [-0.2, -0.15) is 0 Å². The molecule has 1 saturated heterocycles. The van der Waals surface area contributed by atoms with Crippen molar-refractivity contribution in [1.29, 1.82) is 0 Å². The normalized spacial score (nSPS) is 24.9. The number of aliphatic carboxylic acids is 1. The van der Waals surface area contributed by atoms with Gasteiger partial charge in [0.25, 0.3) is 0 Å². The number of likely N-dealkylation sites (tertiary alicyclic amines) is 1. The minimum atomic E-state index is -0.878. The van der Waals surface area contributed by atoms with Crippen LogP contribution in [0.1, 0.15) is 46.0 Å². The van der Waals surface area contributed by atoms with Gasteiger partial charge in [-0.25, -0.2) is 4.79 Å². The summed E-state index contributed by atoms with van der Waals surface area (Å²) in [6.07, 6.45) is 3.38. The number of carbonyl (C=O) groups is 2. The number of nitrogens with zero attached hydrogens (tertiary/aromatic N) is 1. The molecule has 1 aliphatic rings. The van der Waals surface area contributed by atoms with Crippen LogP contribution in [0.25, 0.3) is 0 Å². The van der Waals surface area contributed by atoms with Crippen LogP contribution in [0.5, 0.6) is 0 Å². The van der Waals surface area contributed by atoms with Crippen molar-refractivity contribution in [2.75, 3.05) is 13.6 Å². The summed E-state index contributed by atoms with van der Waals surface area (Å²) < 4.78 is 0. The van der Waals surface area contributed by atoms with Crippen LogP contribution in [0.2, 0.25) is 0 Å². The van der Waals surface area contributed by atoms with Crippen LogP contribution in [0.4, 0.5) is 4.79 Å². The van der Waals surface area contributed by atoms with Crippen LogP contribution in [-0.4, -0.2) is 53.7 Å². The van der Waals surface area contributed by atoms with E-state index in [2.05, 4.69) is 29.5 Å². The van der Waals surface area contributed by atoms with E-state index in [-0.39, 0.29) is 24.5 Å². The maximum absolute atomic E-state index is 11.9. The second-order valence-electron chi connectivity index (χ2n) is 5.75. The van der Waals surface area contributed by atoms with E-state index in [4.69, 9.17) is 5.11 Å². The van der Waals surface area contributed by atoms with Crippen LogP contribution in [-0.2, 0) is 4.79 Å². The first kappa shape index (κ1) is 16.8. The highest BCUT2D eigenvalue weighted by molar-refractivity contribution is 5.76. The molecule has 1 fully saturated rings. The highest BCUT2D eigenvalue weighted by Crippen LogP contribution is 2.15. The Bertz CT molecular complexity index is 336. The van der Waals surface area contributed by atoms with Gasteiger partial charge < -0.3 is 20.6 Å². The highest BCUT2D eigenvalue weighted by atomic mass is 16.4. The second kappa shape index (κ2) is 8.09. The lowest BCUT2D eigenvalue weighted by molar-refractivity contribution is -0.137. The summed E-state index contributed by atoms with van der Waals surface area (Å²) in [4.78, 5) is 25.0. The summed E-state index contributed by atoms with van der Waals surface area (Å²) in [6, 6.07) is 0.0976. The number of rotatable bonds is 6. The van der Waals surface area contributed by atoms with E-state index in [9.17, 15) is 9.59 Å². The number of carboxylic acid groups (broad SMARTS) is 1. The standard InChI is InChI=1S/C14H27N3O3/c1-4-5-11(9-13(18)19)15-14(20)16-12-6-7-17(3)10(2)8-12/h10-12H,4-9H2,1-3H3,(H,18,19)(H2,15,16,20). The molecule has 3 atom stereocenters. The third-order valence-electron chi connectivity index (χ3n) is 3.94. The Morgan fingerprint density at radius 1 is 1.45 bits per heavy atom. The lowest BCUT2D eigenvalue weighted by Gasteiger charge is -2.35. The summed E-state index contributed by atoms with van der Waals surface area (Å²) in [5.41, 5.74) is 0. The zero-order valence-electron chi connectivity index (χ0n) is 12.7. The van der Waals surface area contributed by atoms with Crippen molar-refractivity contribution in [3.8, 4) is 0 Å². The lowest BCUT2D eigenvalue weighted by atomic mass is 9.99. The smallest absolute Gasteiger partial charge is 0.315 e. The number of hydrogen-bond donors (Lipinski definition) is 3. The van der Waals surface area contributed by atoms with Crippen LogP contribution < -0.4 is 10.6 Å². The minimum Gasteiger partial charge on any atom is -0.481 e. The monoisotopic (exact) mass is 285 g/mol. The Morgan fingerprint density at radius 2 is 2.15 bits per heavy atom. The van der Waals surface area contributed by atoms with Crippen molar-refractivity contribution in [1.82, 2.24) is 15.5 Å². The largest absolute Gasteiger partial charge is 0.481 e. The fourth-order valence-corrected chi connectivity index (χ4v) is 2.62. The molecule has 1 heterocycles. The maximum Gasteiger partial charge on any atom is 0.315 e. The molecule has 0 aromatic carbocycles. The van der Waals surface area contributed by atoms with E-state index in [0.717, 1.165) is 25.8 Å². The van der Waals surface area contributed by atoms with Crippen molar-refractivity contribution < 1.29 is 14.7 Å². The molecule has 0 aromatic rings. The zero-order chi connectivity index (χ0) is 15.1. The number of nitrogens with one attached hydrogen (secondary N) is 2. The van der Waals surface area contributed by atoms with Crippen LogP contribution in [0.3, 0.4) is 0 Å². The molecule has 1 aliphatic heterocycles. The zero-order valence-corrected chi connectivity index (χ0v) is 12.7. The summed E-state index contributed by atoms with van der Waals surface area (Å²) in [5, 5.41) is 14.6.